The van der Waals surface area contributed by atoms with Crippen molar-refractivity contribution in [2.75, 3.05) is 31.1 Å². The quantitative estimate of drug-likeness (QED) is 0.732. The minimum Gasteiger partial charge on any atom is -0.469 e. The SMILES string of the molecule is CCC1N=C(c2cnc(N3CCN(C(=O)OC(C)(C)C)CC3)c(Cl)c2)OC1(C)C. The Bertz CT molecular complexity index is 796. The Morgan fingerprint density at radius 3 is 2.48 bits per heavy atom. The molecule has 8 heteroatoms. The number of nitrogens with zero attached hydrogens (tertiary/aromatic N) is 4. The van der Waals surface area contributed by atoms with Crippen LogP contribution in [-0.2, 0) is 9.47 Å². The molecule has 0 aromatic carbocycles. The average molecular weight is 423 g/mol. The highest BCUT2D eigenvalue weighted by Gasteiger charge is 2.38. The van der Waals surface area contributed by atoms with Gasteiger partial charge in [0.2, 0.25) is 5.90 Å². The second-order valence-electron chi connectivity index (χ2n) is 9.05. The van der Waals surface area contributed by atoms with Gasteiger partial charge in [0.1, 0.15) is 17.0 Å². The van der Waals surface area contributed by atoms with Crippen LogP contribution in [0, 0.1) is 0 Å². The van der Waals surface area contributed by atoms with E-state index in [0.717, 1.165) is 12.0 Å². The first-order chi connectivity index (χ1) is 13.5. The van der Waals surface area contributed by atoms with Crippen LogP contribution in [0.15, 0.2) is 17.3 Å². The van der Waals surface area contributed by atoms with E-state index in [9.17, 15) is 4.79 Å². The fraction of sp³-hybridized carbons (Fsp3) is 0.667. The predicted octanol–water partition coefficient (Wildman–Crippen LogP) is 4.13. The maximum Gasteiger partial charge on any atom is 0.410 e. The Kier molecular flexibility index (Phi) is 5.99. The number of carbonyl (C=O) groups excluding carboxylic acids is 1. The van der Waals surface area contributed by atoms with Crippen LogP contribution in [0.3, 0.4) is 0 Å². The van der Waals surface area contributed by atoms with Crippen molar-refractivity contribution in [2.45, 2.75) is 65.2 Å². The van der Waals surface area contributed by atoms with Crippen molar-refractivity contribution in [1.82, 2.24) is 9.88 Å². The molecule has 1 atom stereocenters. The van der Waals surface area contributed by atoms with E-state index in [1.54, 1.807) is 11.1 Å². The molecule has 0 spiro atoms. The van der Waals surface area contributed by atoms with Gasteiger partial charge in [0.15, 0.2) is 0 Å². The summed E-state index contributed by atoms with van der Waals surface area (Å²) >= 11 is 6.55. The number of aromatic nitrogens is 1. The van der Waals surface area contributed by atoms with E-state index >= 15 is 0 Å². The van der Waals surface area contributed by atoms with E-state index in [1.165, 1.54) is 0 Å². The summed E-state index contributed by atoms with van der Waals surface area (Å²) in [4.78, 5) is 25.3. The number of aliphatic imine (C=N–C) groups is 1. The second kappa shape index (κ2) is 8.01. The molecule has 1 amide bonds. The molecule has 7 nitrogen and oxygen atoms in total. The zero-order chi connectivity index (χ0) is 21.4. The van der Waals surface area contributed by atoms with Gasteiger partial charge >= 0.3 is 6.09 Å². The molecule has 1 aromatic heterocycles. The monoisotopic (exact) mass is 422 g/mol. The maximum atomic E-state index is 12.2. The Hall–Kier alpha value is -2.02. The van der Waals surface area contributed by atoms with E-state index in [1.807, 2.05) is 40.7 Å². The summed E-state index contributed by atoms with van der Waals surface area (Å²) in [6.07, 6.45) is 2.39. The number of hydrogen-bond acceptors (Lipinski definition) is 6. The van der Waals surface area contributed by atoms with E-state index in [0.29, 0.717) is 42.9 Å². The highest BCUT2D eigenvalue weighted by molar-refractivity contribution is 6.33. The molecule has 1 fully saturated rings. The number of ether oxygens (including phenoxy) is 2. The van der Waals surface area contributed by atoms with Crippen LogP contribution in [0.25, 0.3) is 0 Å². The summed E-state index contributed by atoms with van der Waals surface area (Å²) in [5, 5.41) is 0.553. The average Bonchev–Trinajstić information content (AvgIpc) is 2.95. The molecule has 1 unspecified atom stereocenters. The van der Waals surface area contributed by atoms with Crippen LogP contribution < -0.4 is 4.90 Å². The van der Waals surface area contributed by atoms with Crippen LogP contribution in [0.4, 0.5) is 10.6 Å². The normalized spacial score (nSPS) is 21.6. The summed E-state index contributed by atoms with van der Waals surface area (Å²) in [6.45, 7) is 14.2. The second-order valence-corrected chi connectivity index (χ2v) is 9.45. The van der Waals surface area contributed by atoms with Crippen molar-refractivity contribution in [2.24, 2.45) is 4.99 Å². The van der Waals surface area contributed by atoms with Crippen molar-refractivity contribution >= 4 is 29.4 Å². The number of hydrogen-bond donors (Lipinski definition) is 0. The molecule has 0 N–H and O–H groups in total. The van der Waals surface area contributed by atoms with Crippen molar-refractivity contribution in [3.05, 3.63) is 22.8 Å². The number of anilines is 1. The van der Waals surface area contributed by atoms with Crippen molar-refractivity contribution in [3.63, 3.8) is 0 Å². The molecule has 3 heterocycles. The Morgan fingerprint density at radius 2 is 1.97 bits per heavy atom. The molecule has 0 aliphatic carbocycles. The van der Waals surface area contributed by atoms with E-state index in [4.69, 9.17) is 26.1 Å². The van der Waals surface area contributed by atoms with Gasteiger partial charge in [0.05, 0.1) is 16.6 Å². The Balaban J connectivity index is 1.66. The molecule has 2 aliphatic heterocycles. The van der Waals surface area contributed by atoms with Gasteiger partial charge in [-0.3, -0.25) is 0 Å². The highest BCUT2D eigenvalue weighted by Crippen LogP contribution is 2.32. The minimum atomic E-state index is -0.495. The first-order valence-electron chi connectivity index (χ1n) is 10.2. The standard InChI is InChI=1S/C21H31ClN4O3/c1-7-16-21(5,6)28-18(24-16)14-12-15(22)17(23-13-14)25-8-10-26(11-9-25)19(27)29-20(2,3)4/h12-13,16H,7-11H2,1-6H3. The van der Waals surface area contributed by atoms with E-state index < -0.39 is 5.60 Å². The van der Waals surface area contributed by atoms with Crippen LogP contribution in [-0.4, -0.2) is 65.3 Å². The van der Waals surface area contributed by atoms with Crippen molar-refractivity contribution in [3.8, 4) is 0 Å². The Labute approximate surface area is 178 Å². The number of amides is 1. The van der Waals surface area contributed by atoms with Crippen LogP contribution in [0.1, 0.15) is 53.5 Å². The third-order valence-corrected chi connectivity index (χ3v) is 5.40. The summed E-state index contributed by atoms with van der Waals surface area (Å²) in [5.74, 6) is 1.31. The number of piperazine rings is 1. The molecule has 0 radical (unpaired) electrons. The number of pyridine rings is 1. The third-order valence-electron chi connectivity index (χ3n) is 5.12. The molecule has 1 aromatic rings. The summed E-state index contributed by atoms with van der Waals surface area (Å²) in [7, 11) is 0. The number of carbonyl (C=O) groups is 1. The fourth-order valence-electron chi connectivity index (χ4n) is 3.56. The van der Waals surface area contributed by atoms with Gasteiger partial charge in [-0.15, -0.1) is 0 Å². The summed E-state index contributed by atoms with van der Waals surface area (Å²) in [6, 6.07) is 1.98. The molecule has 29 heavy (non-hydrogen) atoms. The van der Waals surface area contributed by atoms with Crippen LogP contribution in [0.2, 0.25) is 5.02 Å². The molecule has 0 bridgehead atoms. The lowest BCUT2D eigenvalue weighted by Crippen LogP contribution is -2.50. The van der Waals surface area contributed by atoms with E-state index in [2.05, 4.69) is 16.8 Å². The topological polar surface area (TPSA) is 67.3 Å². The molecule has 160 valence electrons. The smallest absolute Gasteiger partial charge is 0.410 e. The fourth-order valence-corrected chi connectivity index (χ4v) is 3.85. The first kappa shape index (κ1) is 21.7. The van der Waals surface area contributed by atoms with Gasteiger partial charge < -0.3 is 19.3 Å². The van der Waals surface area contributed by atoms with Crippen LogP contribution >= 0.6 is 11.6 Å². The largest absolute Gasteiger partial charge is 0.469 e. The summed E-state index contributed by atoms with van der Waals surface area (Å²) < 4.78 is 11.5. The number of halogens is 1. The van der Waals surface area contributed by atoms with Gasteiger partial charge in [-0.2, -0.15) is 0 Å². The lowest BCUT2D eigenvalue weighted by Gasteiger charge is -2.36. The molecule has 0 saturated carbocycles. The van der Waals surface area contributed by atoms with Crippen molar-refractivity contribution in [1.29, 1.82) is 0 Å². The number of rotatable bonds is 3. The zero-order valence-corrected chi connectivity index (χ0v) is 18.9. The van der Waals surface area contributed by atoms with Gasteiger partial charge in [-0.1, -0.05) is 18.5 Å². The Morgan fingerprint density at radius 1 is 1.31 bits per heavy atom. The lowest BCUT2D eigenvalue weighted by molar-refractivity contribution is 0.0240. The third kappa shape index (κ3) is 4.94. The maximum absolute atomic E-state index is 12.2. The molecular formula is C21H31ClN4O3. The minimum absolute atomic E-state index is 0.122. The molecule has 3 rings (SSSR count). The van der Waals surface area contributed by atoms with Crippen LogP contribution in [0.5, 0.6) is 0 Å². The van der Waals surface area contributed by atoms with Gasteiger partial charge in [0.25, 0.3) is 0 Å². The molecule has 1 saturated heterocycles. The van der Waals surface area contributed by atoms with Crippen molar-refractivity contribution < 1.29 is 14.3 Å². The molecular weight excluding hydrogens is 392 g/mol. The molecule has 2 aliphatic rings. The first-order valence-corrected chi connectivity index (χ1v) is 10.5. The van der Waals surface area contributed by atoms with Gasteiger partial charge in [-0.05, 0) is 47.1 Å². The zero-order valence-electron chi connectivity index (χ0n) is 18.2. The summed E-state index contributed by atoms with van der Waals surface area (Å²) in [5.41, 5.74) is -0.0337. The van der Waals surface area contributed by atoms with Gasteiger partial charge in [0, 0.05) is 32.4 Å². The predicted molar refractivity (Wildman–Crippen MR) is 115 cm³/mol. The highest BCUT2D eigenvalue weighted by atomic mass is 35.5. The van der Waals surface area contributed by atoms with Gasteiger partial charge in [-0.25, -0.2) is 14.8 Å². The van der Waals surface area contributed by atoms with E-state index in [-0.39, 0.29) is 17.7 Å². The lowest BCUT2D eigenvalue weighted by atomic mass is 9.98.